The van der Waals surface area contributed by atoms with Crippen LogP contribution < -0.4 is 10.6 Å². The first kappa shape index (κ1) is 25.2. The Kier molecular flexibility index (Phi) is 12.0. The van der Waals surface area contributed by atoms with Crippen molar-refractivity contribution in [3.63, 3.8) is 0 Å². The normalized spacial score (nSPS) is 13.7. The van der Waals surface area contributed by atoms with Crippen LogP contribution in [0.5, 0.6) is 0 Å². The predicted molar refractivity (Wildman–Crippen MR) is 131 cm³/mol. The van der Waals surface area contributed by atoms with E-state index in [9.17, 15) is 5.11 Å². The highest BCUT2D eigenvalue weighted by molar-refractivity contribution is 14.0. The van der Waals surface area contributed by atoms with E-state index in [1.807, 2.05) is 19.1 Å². The van der Waals surface area contributed by atoms with Gasteiger partial charge in [0.1, 0.15) is 6.10 Å². The minimum absolute atomic E-state index is 0. The van der Waals surface area contributed by atoms with Crippen LogP contribution in [0.25, 0.3) is 0 Å². The molecule has 0 saturated heterocycles. The Hall–Kier alpha value is -0.870. The van der Waals surface area contributed by atoms with Gasteiger partial charge in [0.25, 0.3) is 0 Å². The molecule has 156 valence electrons. The first-order chi connectivity index (χ1) is 13.0. The molecule has 5 nitrogen and oxygen atoms in total. The van der Waals surface area contributed by atoms with Gasteiger partial charge in [0, 0.05) is 24.0 Å². The van der Waals surface area contributed by atoms with Gasteiger partial charge in [-0.05, 0) is 45.1 Å². The van der Waals surface area contributed by atoms with Crippen molar-refractivity contribution in [2.45, 2.75) is 25.5 Å². The van der Waals surface area contributed by atoms with E-state index < -0.39 is 6.10 Å². The molecule has 2 atom stereocenters. The van der Waals surface area contributed by atoms with E-state index in [1.54, 1.807) is 6.07 Å². The molecule has 0 aliphatic heterocycles. The maximum absolute atomic E-state index is 10.3. The van der Waals surface area contributed by atoms with Gasteiger partial charge < -0.3 is 20.6 Å². The molecule has 0 saturated carbocycles. The van der Waals surface area contributed by atoms with E-state index >= 15 is 0 Å². The van der Waals surface area contributed by atoms with Crippen LogP contribution in [0.15, 0.2) is 47.5 Å². The van der Waals surface area contributed by atoms with Crippen molar-refractivity contribution in [3.8, 4) is 0 Å². The maximum atomic E-state index is 10.3. The monoisotopic (exact) mass is 536 g/mol. The van der Waals surface area contributed by atoms with Crippen molar-refractivity contribution in [2.24, 2.45) is 4.99 Å². The standard InChI is InChI=1S/C20H29ClN4OS.HI/c1-4-22-20(24-14-17(26)18-10-11-19(21)27-18)23-13-16(25(2)3)12-15-8-6-5-7-9-15;/h5-11,16-17,26H,4,12-14H2,1-3H3,(H2,22,23,24);1H. The van der Waals surface area contributed by atoms with Gasteiger partial charge in [-0.15, -0.1) is 35.3 Å². The molecule has 1 aromatic heterocycles. The number of likely N-dealkylation sites (N-methyl/N-ethyl adjacent to an activating group) is 1. The molecule has 2 rings (SSSR count). The largest absolute Gasteiger partial charge is 0.386 e. The molecule has 28 heavy (non-hydrogen) atoms. The topological polar surface area (TPSA) is 59.9 Å². The number of halogens is 2. The van der Waals surface area contributed by atoms with Crippen LogP contribution in [0.2, 0.25) is 4.34 Å². The fourth-order valence-electron chi connectivity index (χ4n) is 2.64. The first-order valence-electron chi connectivity index (χ1n) is 9.15. The van der Waals surface area contributed by atoms with Crippen LogP contribution in [0, 0.1) is 0 Å². The van der Waals surface area contributed by atoms with Crippen LogP contribution in [-0.4, -0.2) is 55.7 Å². The number of rotatable bonds is 9. The quantitative estimate of drug-likeness (QED) is 0.259. The Morgan fingerprint density at radius 2 is 1.89 bits per heavy atom. The lowest BCUT2D eigenvalue weighted by Gasteiger charge is -2.23. The molecule has 0 radical (unpaired) electrons. The molecule has 1 heterocycles. The zero-order chi connectivity index (χ0) is 19.6. The van der Waals surface area contributed by atoms with E-state index in [1.165, 1.54) is 16.9 Å². The summed E-state index contributed by atoms with van der Waals surface area (Å²) in [5.74, 6) is 0.708. The molecule has 2 aromatic rings. The lowest BCUT2D eigenvalue weighted by atomic mass is 10.1. The van der Waals surface area contributed by atoms with Gasteiger partial charge in [-0.2, -0.15) is 0 Å². The molecule has 0 aliphatic carbocycles. The molecule has 0 fully saturated rings. The number of nitrogens with zero attached hydrogens (tertiary/aromatic N) is 2. The number of nitrogens with one attached hydrogen (secondary N) is 2. The summed E-state index contributed by atoms with van der Waals surface area (Å²) >= 11 is 7.34. The van der Waals surface area contributed by atoms with Crippen LogP contribution in [0.1, 0.15) is 23.5 Å². The van der Waals surface area contributed by atoms with Crippen LogP contribution in [0.3, 0.4) is 0 Å². The summed E-state index contributed by atoms with van der Waals surface area (Å²) in [5, 5.41) is 16.8. The SMILES string of the molecule is CCNC(=NCC(Cc1ccccc1)N(C)C)NCC(O)c1ccc(Cl)s1.I. The molecular formula is C20H30ClIN4OS. The molecule has 3 N–H and O–H groups in total. The number of hydrogen-bond donors (Lipinski definition) is 3. The second-order valence-corrected chi connectivity index (χ2v) is 8.31. The molecule has 1 aromatic carbocycles. The van der Waals surface area contributed by atoms with Crippen molar-refractivity contribution in [3.05, 3.63) is 57.2 Å². The zero-order valence-electron chi connectivity index (χ0n) is 16.6. The van der Waals surface area contributed by atoms with Gasteiger partial charge in [-0.3, -0.25) is 4.99 Å². The Morgan fingerprint density at radius 1 is 1.18 bits per heavy atom. The summed E-state index contributed by atoms with van der Waals surface area (Å²) in [6.07, 6.45) is 0.327. The first-order valence-corrected chi connectivity index (χ1v) is 10.3. The van der Waals surface area contributed by atoms with Crippen molar-refractivity contribution in [2.75, 3.05) is 33.7 Å². The summed E-state index contributed by atoms with van der Waals surface area (Å²) in [7, 11) is 4.15. The number of benzene rings is 1. The summed E-state index contributed by atoms with van der Waals surface area (Å²) in [6.45, 7) is 3.84. The molecule has 2 unspecified atom stereocenters. The van der Waals surface area contributed by atoms with Gasteiger partial charge >= 0.3 is 0 Å². The Morgan fingerprint density at radius 3 is 2.46 bits per heavy atom. The van der Waals surface area contributed by atoms with Crippen molar-refractivity contribution < 1.29 is 5.11 Å². The third kappa shape index (κ3) is 8.65. The Balaban J connectivity index is 0.00000392. The van der Waals surface area contributed by atoms with Crippen molar-refractivity contribution in [1.29, 1.82) is 0 Å². The summed E-state index contributed by atoms with van der Waals surface area (Å²) in [5.41, 5.74) is 1.30. The molecule has 8 heteroatoms. The smallest absolute Gasteiger partial charge is 0.191 e. The predicted octanol–water partition coefficient (Wildman–Crippen LogP) is 3.78. The molecule has 0 spiro atoms. The lowest BCUT2D eigenvalue weighted by molar-refractivity contribution is 0.184. The van der Waals surface area contributed by atoms with Gasteiger partial charge in [0.2, 0.25) is 0 Å². The van der Waals surface area contributed by atoms with Gasteiger partial charge in [0.15, 0.2) is 5.96 Å². The summed E-state index contributed by atoms with van der Waals surface area (Å²) < 4.78 is 0.680. The maximum Gasteiger partial charge on any atom is 0.191 e. The molecule has 0 aliphatic rings. The molecule has 0 amide bonds. The second kappa shape index (κ2) is 13.4. The number of guanidine groups is 1. The summed E-state index contributed by atoms with van der Waals surface area (Å²) in [4.78, 5) is 7.76. The van der Waals surface area contributed by atoms with Crippen molar-refractivity contribution in [1.82, 2.24) is 15.5 Å². The third-order valence-electron chi connectivity index (χ3n) is 4.23. The van der Waals surface area contributed by atoms with E-state index in [2.05, 4.69) is 53.9 Å². The van der Waals surface area contributed by atoms with Crippen LogP contribution in [-0.2, 0) is 6.42 Å². The fourth-order valence-corrected chi connectivity index (χ4v) is 3.68. The van der Waals surface area contributed by atoms with Crippen LogP contribution >= 0.6 is 46.9 Å². The van der Waals surface area contributed by atoms with Gasteiger partial charge in [-0.25, -0.2) is 0 Å². The summed E-state index contributed by atoms with van der Waals surface area (Å²) in [6, 6.07) is 14.4. The number of aliphatic hydroxyl groups excluding tert-OH is 1. The highest BCUT2D eigenvalue weighted by Gasteiger charge is 2.14. The molecule has 0 bridgehead atoms. The Bertz CT molecular complexity index is 711. The van der Waals surface area contributed by atoms with Crippen LogP contribution in [0.4, 0.5) is 0 Å². The number of aliphatic hydroxyl groups is 1. The van der Waals surface area contributed by atoms with Gasteiger partial charge in [-0.1, -0.05) is 41.9 Å². The second-order valence-electron chi connectivity index (χ2n) is 6.57. The minimum atomic E-state index is -0.611. The number of hydrogen-bond acceptors (Lipinski definition) is 4. The van der Waals surface area contributed by atoms with Crippen molar-refractivity contribution >= 4 is 52.9 Å². The number of aliphatic imine (C=N–C) groups is 1. The highest BCUT2D eigenvalue weighted by Crippen LogP contribution is 2.26. The number of thiophene rings is 1. The van der Waals surface area contributed by atoms with E-state index in [0.29, 0.717) is 29.4 Å². The average Bonchev–Trinajstić information content (AvgIpc) is 3.09. The highest BCUT2D eigenvalue weighted by atomic mass is 127. The zero-order valence-corrected chi connectivity index (χ0v) is 20.5. The van der Waals surface area contributed by atoms with E-state index in [4.69, 9.17) is 16.6 Å². The van der Waals surface area contributed by atoms with E-state index in [-0.39, 0.29) is 24.0 Å². The lowest BCUT2D eigenvalue weighted by Crippen LogP contribution is -2.41. The minimum Gasteiger partial charge on any atom is -0.386 e. The fraction of sp³-hybridized carbons (Fsp3) is 0.450. The van der Waals surface area contributed by atoms with E-state index in [0.717, 1.165) is 17.8 Å². The van der Waals surface area contributed by atoms with Gasteiger partial charge in [0.05, 0.1) is 10.9 Å². The molecular weight excluding hydrogens is 507 g/mol. The Labute approximate surface area is 194 Å². The third-order valence-corrected chi connectivity index (χ3v) is 5.57. The average molecular weight is 537 g/mol.